The monoisotopic (exact) mass is 379 g/mol. The Balaban J connectivity index is 1.89. The first-order valence-corrected chi connectivity index (χ1v) is 9.77. The van der Waals surface area contributed by atoms with E-state index in [0.717, 1.165) is 36.7 Å². The summed E-state index contributed by atoms with van der Waals surface area (Å²) in [5, 5.41) is 5.62. The van der Waals surface area contributed by atoms with Gasteiger partial charge in [0.25, 0.3) is 0 Å². The molecule has 0 spiro atoms. The molecule has 0 aliphatic rings. The third kappa shape index (κ3) is 8.29. The third-order valence-corrected chi connectivity index (χ3v) is 4.33. The first-order valence-electron chi connectivity index (χ1n) is 9.77. The highest BCUT2D eigenvalue weighted by Gasteiger charge is 2.21. The van der Waals surface area contributed by atoms with Crippen molar-refractivity contribution in [2.45, 2.75) is 44.7 Å². The van der Waals surface area contributed by atoms with Gasteiger partial charge in [0.2, 0.25) is 5.91 Å². The predicted octanol–water partition coefficient (Wildman–Crippen LogP) is 3.13. The summed E-state index contributed by atoms with van der Waals surface area (Å²) in [7, 11) is 3.82. The Morgan fingerprint density at radius 2 is 1.54 bits per heavy atom. The summed E-state index contributed by atoms with van der Waals surface area (Å²) in [4.78, 5) is 24.8. The topological polar surface area (TPSA) is 67.4 Å². The minimum Gasteiger partial charge on any atom is -0.445 e. The second kappa shape index (κ2) is 12.6. The van der Waals surface area contributed by atoms with Crippen LogP contribution in [0.4, 0.5) is 4.79 Å². The smallest absolute Gasteiger partial charge is 0.408 e. The molecule has 0 aliphatic heterocycles. The molecule has 1 radical (unpaired) electrons. The van der Waals surface area contributed by atoms with Gasteiger partial charge in [-0.1, -0.05) is 79.8 Å². The molecule has 0 fully saturated rings. The maximum atomic E-state index is 12.6. The number of hydrogen-bond donors (Lipinski definition) is 2. The third-order valence-electron chi connectivity index (χ3n) is 4.33. The fraction of sp³-hybridized carbons (Fsp3) is 0.364. The van der Waals surface area contributed by atoms with Crippen LogP contribution in [0, 0.1) is 0 Å². The van der Waals surface area contributed by atoms with Gasteiger partial charge < -0.3 is 15.4 Å². The molecule has 0 bridgehead atoms. The molecule has 5 nitrogen and oxygen atoms in total. The Labute approximate surface area is 168 Å². The summed E-state index contributed by atoms with van der Waals surface area (Å²) >= 11 is 0. The highest BCUT2D eigenvalue weighted by molar-refractivity contribution is 6.08. The van der Waals surface area contributed by atoms with Gasteiger partial charge in [0.1, 0.15) is 12.6 Å². The lowest BCUT2D eigenvalue weighted by atomic mass is 9.99. The Hall–Kier alpha value is -2.76. The predicted molar refractivity (Wildman–Crippen MR) is 113 cm³/mol. The number of carbonyl (C=O) groups is 2. The van der Waals surface area contributed by atoms with E-state index in [2.05, 4.69) is 18.5 Å². The summed E-state index contributed by atoms with van der Waals surface area (Å²) < 4.78 is 5.27. The number of alkyl carbamates (subject to hydrolysis) is 1. The summed E-state index contributed by atoms with van der Waals surface area (Å²) in [6.07, 6.45) is 3.69. The van der Waals surface area contributed by atoms with E-state index in [1.807, 2.05) is 60.7 Å². The van der Waals surface area contributed by atoms with Gasteiger partial charge in [0.15, 0.2) is 0 Å². The minimum atomic E-state index is -0.682. The van der Waals surface area contributed by atoms with Gasteiger partial charge >= 0.3 is 6.09 Å². The first kappa shape index (κ1) is 21.5. The molecule has 2 rings (SSSR count). The van der Waals surface area contributed by atoms with Gasteiger partial charge in [0, 0.05) is 13.0 Å². The average molecular weight is 379 g/mol. The molecule has 6 heteroatoms. The van der Waals surface area contributed by atoms with Crippen LogP contribution in [-0.4, -0.2) is 32.4 Å². The maximum Gasteiger partial charge on any atom is 0.408 e. The molecule has 2 amide bonds. The molecule has 2 aromatic rings. The highest BCUT2D eigenvalue weighted by Crippen LogP contribution is 2.06. The van der Waals surface area contributed by atoms with Gasteiger partial charge in [0.05, 0.1) is 7.85 Å². The molecule has 1 unspecified atom stereocenters. The second-order valence-corrected chi connectivity index (χ2v) is 6.65. The van der Waals surface area contributed by atoms with Crippen LogP contribution < -0.4 is 10.6 Å². The molecule has 2 N–H and O–H groups in total. The van der Waals surface area contributed by atoms with Crippen molar-refractivity contribution in [3.63, 3.8) is 0 Å². The first-order chi connectivity index (χ1) is 13.7. The quantitative estimate of drug-likeness (QED) is 0.466. The van der Waals surface area contributed by atoms with Gasteiger partial charge in [-0.15, -0.1) is 0 Å². The molecular weight excluding hydrogens is 351 g/mol. The number of ether oxygens (including phenoxy) is 1. The van der Waals surface area contributed by atoms with Crippen LogP contribution in [0.1, 0.15) is 30.4 Å². The van der Waals surface area contributed by atoms with E-state index < -0.39 is 12.1 Å². The zero-order chi connectivity index (χ0) is 20.0. The largest absolute Gasteiger partial charge is 0.445 e. The molecule has 2 aromatic carbocycles. The van der Waals surface area contributed by atoms with Crippen molar-refractivity contribution in [1.82, 2.24) is 10.6 Å². The van der Waals surface area contributed by atoms with Crippen molar-refractivity contribution >= 4 is 19.8 Å². The van der Waals surface area contributed by atoms with Crippen molar-refractivity contribution < 1.29 is 14.3 Å². The summed E-state index contributed by atoms with van der Waals surface area (Å²) in [6.45, 7) is 0.752. The van der Waals surface area contributed by atoms with Crippen molar-refractivity contribution in [2.75, 3.05) is 6.54 Å². The molecule has 0 heterocycles. The van der Waals surface area contributed by atoms with Gasteiger partial charge in [-0.25, -0.2) is 4.79 Å². The number of unbranched alkanes of at least 4 members (excludes halogenated alkanes) is 2. The van der Waals surface area contributed by atoms with Crippen LogP contribution in [-0.2, 0) is 22.6 Å². The van der Waals surface area contributed by atoms with Gasteiger partial charge in [-0.05, 0) is 17.5 Å². The molecule has 0 aliphatic carbocycles. The lowest BCUT2D eigenvalue weighted by Gasteiger charge is -2.18. The fourth-order valence-corrected chi connectivity index (χ4v) is 2.78. The molecule has 0 saturated carbocycles. The SMILES string of the molecule is [BH]CCCCCNC(=O)C(Cc1ccccc1)NC(=O)OCc1ccccc1. The number of rotatable bonds is 11. The Bertz CT molecular complexity index is 710. The zero-order valence-electron chi connectivity index (χ0n) is 16.2. The van der Waals surface area contributed by atoms with Crippen LogP contribution in [0.15, 0.2) is 60.7 Å². The van der Waals surface area contributed by atoms with Crippen molar-refractivity contribution in [1.29, 1.82) is 0 Å². The number of amides is 2. The van der Waals surface area contributed by atoms with Gasteiger partial charge in [-0.2, -0.15) is 0 Å². The molecule has 0 saturated heterocycles. The second-order valence-electron chi connectivity index (χ2n) is 6.65. The molecule has 0 aromatic heterocycles. The van der Waals surface area contributed by atoms with Crippen molar-refractivity contribution in [3.05, 3.63) is 71.8 Å². The normalized spacial score (nSPS) is 11.4. The highest BCUT2D eigenvalue weighted by atomic mass is 16.5. The van der Waals surface area contributed by atoms with Crippen LogP contribution in [0.25, 0.3) is 0 Å². The number of carbonyl (C=O) groups excluding carboxylic acids is 2. The molecule has 28 heavy (non-hydrogen) atoms. The van der Waals surface area contributed by atoms with E-state index in [1.54, 1.807) is 0 Å². The van der Waals surface area contributed by atoms with Crippen LogP contribution >= 0.6 is 0 Å². The van der Waals surface area contributed by atoms with E-state index in [1.165, 1.54) is 0 Å². The number of benzene rings is 2. The zero-order valence-corrected chi connectivity index (χ0v) is 16.2. The van der Waals surface area contributed by atoms with Crippen LogP contribution in [0.5, 0.6) is 0 Å². The lowest BCUT2D eigenvalue weighted by molar-refractivity contribution is -0.123. The van der Waals surface area contributed by atoms with E-state index >= 15 is 0 Å². The standard InChI is InChI=1S/C22H28BN2O3/c23-14-8-3-9-15-24-21(26)20(16-18-10-4-1-5-11-18)25-22(27)28-17-19-12-6-2-7-13-19/h1-2,4-7,10-13,20,23H,3,8-9,14-17H2,(H,24,26)(H,25,27). The van der Waals surface area contributed by atoms with Crippen LogP contribution in [0.2, 0.25) is 6.32 Å². The van der Waals surface area contributed by atoms with Crippen molar-refractivity contribution in [2.24, 2.45) is 0 Å². The molecule has 147 valence electrons. The molecular formula is C22H28BN2O3. The minimum absolute atomic E-state index is 0.164. The lowest BCUT2D eigenvalue weighted by Crippen LogP contribution is -2.48. The van der Waals surface area contributed by atoms with E-state index in [-0.39, 0.29) is 12.5 Å². The summed E-state index contributed by atoms with van der Waals surface area (Å²) in [6, 6.07) is 18.4. The summed E-state index contributed by atoms with van der Waals surface area (Å²) in [5.41, 5.74) is 1.87. The number of nitrogens with one attached hydrogen (secondary N) is 2. The Morgan fingerprint density at radius 3 is 2.18 bits per heavy atom. The maximum absolute atomic E-state index is 12.6. The van der Waals surface area contributed by atoms with E-state index in [4.69, 9.17) is 4.74 Å². The summed E-state index contributed by atoms with van der Waals surface area (Å²) in [5.74, 6) is -0.199. The van der Waals surface area contributed by atoms with E-state index in [9.17, 15) is 9.59 Å². The average Bonchev–Trinajstić information content (AvgIpc) is 2.73. The van der Waals surface area contributed by atoms with E-state index in [0.29, 0.717) is 13.0 Å². The van der Waals surface area contributed by atoms with Crippen molar-refractivity contribution in [3.8, 4) is 0 Å². The number of hydrogen-bond acceptors (Lipinski definition) is 3. The molecule has 1 atom stereocenters. The Kier molecular flexibility index (Phi) is 9.69. The Morgan fingerprint density at radius 1 is 0.893 bits per heavy atom. The fourth-order valence-electron chi connectivity index (χ4n) is 2.78. The van der Waals surface area contributed by atoms with Gasteiger partial charge in [-0.3, -0.25) is 4.79 Å². The van der Waals surface area contributed by atoms with Crippen LogP contribution in [0.3, 0.4) is 0 Å².